The van der Waals surface area contributed by atoms with Crippen LogP contribution in [0.2, 0.25) is 0 Å². The Morgan fingerprint density at radius 2 is 1.83 bits per heavy atom. The lowest BCUT2D eigenvalue weighted by Gasteiger charge is -2.31. The highest BCUT2D eigenvalue weighted by Gasteiger charge is 2.34. The van der Waals surface area contributed by atoms with E-state index in [0.717, 1.165) is 35.4 Å². The van der Waals surface area contributed by atoms with Crippen molar-refractivity contribution in [3.05, 3.63) is 74.9 Å². The minimum absolute atomic E-state index is 0.133. The van der Waals surface area contributed by atoms with Gasteiger partial charge in [-0.1, -0.05) is 25.0 Å². The first-order valence-corrected chi connectivity index (χ1v) is 13.5. The van der Waals surface area contributed by atoms with Crippen molar-refractivity contribution in [1.29, 1.82) is 0 Å². The predicted molar refractivity (Wildman–Crippen MR) is 136 cm³/mol. The minimum Gasteiger partial charge on any atom is -0.351 e. The Bertz CT molecular complexity index is 1280. The maximum Gasteiger partial charge on any atom is 0.248 e. The van der Waals surface area contributed by atoms with Crippen LogP contribution in [0.4, 0.5) is 4.39 Å². The van der Waals surface area contributed by atoms with Crippen LogP contribution >= 0.6 is 22.7 Å². The molecule has 3 aromatic heterocycles. The Balaban J connectivity index is 1.41. The van der Waals surface area contributed by atoms with Gasteiger partial charge in [0, 0.05) is 21.4 Å². The lowest BCUT2D eigenvalue weighted by atomic mass is 10.1. The number of carbonyl (C=O) groups excluding carboxylic acids is 2. The summed E-state index contributed by atoms with van der Waals surface area (Å²) in [7, 11) is 0. The van der Waals surface area contributed by atoms with Crippen molar-refractivity contribution in [2.45, 2.75) is 50.9 Å². The number of hydrogen-bond acceptors (Lipinski definition) is 7. The summed E-state index contributed by atoms with van der Waals surface area (Å²) in [6.07, 6.45) is 4.11. The molecule has 36 heavy (non-hydrogen) atoms. The zero-order valence-electron chi connectivity index (χ0n) is 19.4. The molecule has 0 radical (unpaired) electrons. The van der Waals surface area contributed by atoms with Crippen LogP contribution in [0, 0.1) is 5.82 Å². The fraction of sp³-hybridized carbons (Fsp3) is 0.320. The number of aromatic nitrogens is 4. The third-order valence-corrected chi connectivity index (χ3v) is 7.92. The summed E-state index contributed by atoms with van der Waals surface area (Å²) < 4.78 is 13.3. The summed E-state index contributed by atoms with van der Waals surface area (Å²) in [5.41, 5.74) is 0.595. The topological polar surface area (TPSA) is 93.0 Å². The number of tetrazole rings is 1. The van der Waals surface area contributed by atoms with Crippen molar-refractivity contribution in [3.63, 3.8) is 0 Å². The number of nitrogens with zero attached hydrogens (tertiary/aromatic N) is 5. The summed E-state index contributed by atoms with van der Waals surface area (Å²) in [5.74, 6) is -0.540. The Labute approximate surface area is 215 Å². The molecular formula is C25H25FN6O2S2. The van der Waals surface area contributed by atoms with Crippen molar-refractivity contribution in [1.82, 2.24) is 30.4 Å². The van der Waals surface area contributed by atoms with E-state index in [2.05, 4.69) is 20.7 Å². The van der Waals surface area contributed by atoms with Gasteiger partial charge in [0.05, 0.1) is 6.54 Å². The van der Waals surface area contributed by atoms with Crippen LogP contribution < -0.4 is 5.32 Å². The molecule has 1 saturated carbocycles. The highest BCUT2D eigenvalue weighted by Crippen LogP contribution is 2.30. The van der Waals surface area contributed by atoms with Crippen molar-refractivity contribution in [2.24, 2.45) is 0 Å². The van der Waals surface area contributed by atoms with Gasteiger partial charge >= 0.3 is 0 Å². The quantitative estimate of drug-likeness (QED) is 0.350. The smallest absolute Gasteiger partial charge is 0.248 e. The normalized spacial score (nSPS) is 14.6. The molecule has 1 aliphatic rings. The van der Waals surface area contributed by atoms with E-state index in [0.29, 0.717) is 11.4 Å². The van der Waals surface area contributed by atoms with Crippen LogP contribution in [0.1, 0.15) is 41.5 Å². The summed E-state index contributed by atoms with van der Waals surface area (Å²) in [5, 5.41) is 19.4. The number of rotatable bonds is 9. The first-order chi connectivity index (χ1) is 17.6. The standard InChI is InChI=1S/C25H25FN6O2S2/c26-18-11-9-17(10-12-18)24-28-30-32(29-24)16-22(33)31(15-20-7-3-13-35-20)23(21-8-4-14-36-21)25(34)27-19-5-1-2-6-19/h3-4,7-14,19,23H,1-2,5-6,15-16H2,(H,27,34)/t23-/m0/s1. The zero-order valence-corrected chi connectivity index (χ0v) is 21.1. The number of halogens is 1. The molecule has 0 bridgehead atoms. The van der Waals surface area contributed by atoms with E-state index in [1.807, 2.05) is 35.0 Å². The Morgan fingerprint density at radius 3 is 2.53 bits per heavy atom. The molecule has 0 aliphatic heterocycles. The number of benzene rings is 1. The van der Waals surface area contributed by atoms with Gasteiger partial charge in [-0.05, 0) is 65.2 Å². The minimum atomic E-state index is -0.764. The SMILES string of the molecule is O=C(NC1CCCC1)[C@H](c1cccs1)N(Cc1cccs1)C(=O)Cn1nnc(-c2ccc(F)cc2)n1. The number of carbonyl (C=O) groups is 2. The molecule has 3 heterocycles. The molecule has 5 rings (SSSR count). The van der Waals surface area contributed by atoms with Gasteiger partial charge in [0.25, 0.3) is 0 Å². The van der Waals surface area contributed by atoms with E-state index < -0.39 is 6.04 Å². The van der Waals surface area contributed by atoms with E-state index in [1.54, 1.807) is 17.0 Å². The van der Waals surface area contributed by atoms with E-state index in [4.69, 9.17) is 0 Å². The van der Waals surface area contributed by atoms with Gasteiger partial charge in [-0.15, -0.1) is 32.9 Å². The number of nitrogens with one attached hydrogen (secondary N) is 1. The second kappa shape index (κ2) is 11.1. The van der Waals surface area contributed by atoms with Gasteiger partial charge in [0.15, 0.2) is 0 Å². The molecule has 1 aromatic carbocycles. The van der Waals surface area contributed by atoms with E-state index in [1.165, 1.54) is 39.6 Å². The molecule has 0 spiro atoms. The van der Waals surface area contributed by atoms with Crippen LogP contribution in [-0.4, -0.2) is 43.0 Å². The lowest BCUT2D eigenvalue weighted by Crippen LogP contribution is -2.46. The van der Waals surface area contributed by atoms with Gasteiger partial charge in [-0.2, -0.15) is 4.80 Å². The third kappa shape index (κ3) is 5.68. The van der Waals surface area contributed by atoms with E-state index in [9.17, 15) is 14.0 Å². The lowest BCUT2D eigenvalue weighted by molar-refractivity contribution is -0.142. The van der Waals surface area contributed by atoms with Crippen molar-refractivity contribution >= 4 is 34.5 Å². The van der Waals surface area contributed by atoms with E-state index >= 15 is 0 Å². The Kier molecular flexibility index (Phi) is 7.47. The molecule has 1 N–H and O–H groups in total. The molecule has 0 unspecified atom stereocenters. The first kappa shape index (κ1) is 24.3. The number of amides is 2. The molecule has 0 saturated heterocycles. The number of thiophene rings is 2. The van der Waals surface area contributed by atoms with Gasteiger partial charge < -0.3 is 10.2 Å². The molecule has 2 amide bonds. The molecule has 1 fully saturated rings. The van der Waals surface area contributed by atoms with Crippen LogP contribution in [0.15, 0.2) is 59.3 Å². The van der Waals surface area contributed by atoms with Crippen molar-refractivity contribution < 1.29 is 14.0 Å². The maximum atomic E-state index is 13.7. The summed E-state index contributed by atoms with van der Waals surface area (Å²) >= 11 is 2.99. The molecule has 1 aliphatic carbocycles. The number of hydrogen-bond donors (Lipinski definition) is 1. The fourth-order valence-electron chi connectivity index (χ4n) is 4.35. The van der Waals surface area contributed by atoms with Crippen LogP contribution in [0.25, 0.3) is 11.4 Å². The average molecular weight is 525 g/mol. The second-order valence-corrected chi connectivity index (χ2v) is 10.7. The third-order valence-electron chi connectivity index (χ3n) is 6.13. The molecule has 186 valence electrons. The van der Waals surface area contributed by atoms with Crippen LogP contribution in [0.3, 0.4) is 0 Å². The fourth-order valence-corrected chi connectivity index (χ4v) is 5.89. The van der Waals surface area contributed by atoms with Crippen LogP contribution in [0.5, 0.6) is 0 Å². The highest BCUT2D eigenvalue weighted by atomic mass is 32.1. The Hall–Kier alpha value is -3.44. The van der Waals surface area contributed by atoms with Gasteiger partial charge in [-0.25, -0.2) is 4.39 Å². The molecule has 4 aromatic rings. The summed E-state index contributed by atoms with van der Waals surface area (Å²) in [6.45, 7) is 0.106. The second-order valence-electron chi connectivity index (χ2n) is 8.66. The molecule has 8 nitrogen and oxygen atoms in total. The molecule has 1 atom stereocenters. The first-order valence-electron chi connectivity index (χ1n) is 11.8. The highest BCUT2D eigenvalue weighted by molar-refractivity contribution is 7.10. The van der Waals surface area contributed by atoms with Gasteiger partial charge in [-0.3, -0.25) is 9.59 Å². The molecular weight excluding hydrogens is 499 g/mol. The van der Waals surface area contributed by atoms with E-state index in [-0.39, 0.29) is 36.8 Å². The van der Waals surface area contributed by atoms with Crippen LogP contribution in [-0.2, 0) is 22.7 Å². The summed E-state index contributed by atoms with van der Waals surface area (Å²) in [4.78, 5) is 31.8. The predicted octanol–water partition coefficient (Wildman–Crippen LogP) is 4.43. The van der Waals surface area contributed by atoms with Crippen molar-refractivity contribution in [3.8, 4) is 11.4 Å². The van der Waals surface area contributed by atoms with Gasteiger partial charge in [0.2, 0.25) is 17.6 Å². The van der Waals surface area contributed by atoms with Gasteiger partial charge in [0.1, 0.15) is 18.4 Å². The zero-order chi connectivity index (χ0) is 24.9. The maximum absolute atomic E-state index is 13.7. The van der Waals surface area contributed by atoms with Crippen molar-refractivity contribution in [2.75, 3.05) is 0 Å². The summed E-state index contributed by atoms with van der Waals surface area (Å²) in [6, 6.07) is 12.8. The average Bonchev–Trinajstić information content (AvgIpc) is 3.68. The Morgan fingerprint density at radius 1 is 1.08 bits per heavy atom. The molecule has 11 heteroatoms. The largest absolute Gasteiger partial charge is 0.351 e. The monoisotopic (exact) mass is 524 g/mol.